The zero-order chi connectivity index (χ0) is 18.4. The molecular weight excluding hydrogens is 349 g/mol. The Morgan fingerprint density at radius 1 is 0.920 bits per heavy atom. The molecule has 3 rings (SSSR count). The van der Waals surface area contributed by atoms with Crippen LogP contribution in [-0.4, -0.2) is 17.6 Å². The maximum Gasteiger partial charge on any atom is 0.316 e. The van der Waals surface area contributed by atoms with Gasteiger partial charge in [-0.05, 0) is 30.3 Å². The van der Waals surface area contributed by atoms with E-state index in [0.717, 1.165) is 15.2 Å². The summed E-state index contributed by atoms with van der Waals surface area (Å²) in [6, 6.07) is 9.35. The number of hydrogen-bond acceptors (Lipinski definition) is 4. The summed E-state index contributed by atoms with van der Waals surface area (Å²) in [5, 5.41) is 0. The number of aryl methyl sites for hydroxylation is 2. The van der Waals surface area contributed by atoms with E-state index in [1.807, 2.05) is 0 Å². The minimum absolute atomic E-state index is 0.156. The lowest BCUT2D eigenvalue weighted by Crippen LogP contribution is -2.39. The van der Waals surface area contributed by atoms with Crippen molar-refractivity contribution in [2.75, 3.05) is 4.72 Å². The molecule has 0 aliphatic carbocycles. The molecule has 0 radical (unpaired) electrons. The molecule has 0 saturated carbocycles. The third-order valence-electron chi connectivity index (χ3n) is 3.89. The second-order valence-electron chi connectivity index (χ2n) is 5.46. The fourth-order valence-corrected chi connectivity index (χ4v) is 3.56. The lowest BCUT2D eigenvalue weighted by molar-refractivity contribution is 0.598. The van der Waals surface area contributed by atoms with Crippen LogP contribution in [0.1, 0.15) is 0 Å². The van der Waals surface area contributed by atoms with Gasteiger partial charge in [0.15, 0.2) is 0 Å². The fourth-order valence-electron chi connectivity index (χ4n) is 2.48. The van der Waals surface area contributed by atoms with Gasteiger partial charge < -0.3 is 9.13 Å². The number of benzene rings is 2. The van der Waals surface area contributed by atoms with E-state index in [0.29, 0.717) is 5.52 Å². The Balaban J connectivity index is 2.18. The van der Waals surface area contributed by atoms with Crippen LogP contribution in [-0.2, 0) is 24.1 Å². The first-order valence-corrected chi connectivity index (χ1v) is 8.68. The third kappa shape index (κ3) is 2.82. The van der Waals surface area contributed by atoms with E-state index >= 15 is 0 Å². The number of sulfonamides is 1. The predicted octanol–water partition coefficient (Wildman–Crippen LogP) is 1.18. The van der Waals surface area contributed by atoms with Crippen LogP contribution in [0.5, 0.6) is 0 Å². The highest BCUT2D eigenvalue weighted by Crippen LogP contribution is 2.21. The third-order valence-corrected chi connectivity index (χ3v) is 5.25. The van der Waals surface area contributed by atoms with Crippen molar-refractivity contribution >= 4 is 26.7 Å². The molecule has 2 aromatic carbocycles. The Morgan fingerprint density at radius 2 is 1.52 bits per heavy atom. The summed E-state index contributed by atoms with van der Waals surface area (Å²) in [5.41, 5.74) is -1.00. The highest BCUT2D eigenvalue weighted by atomic mass is 32.2. The SMILES string of the molecule is Cn1c(=O)c(=O)n(C)c2cc(S(=O)(=O)Nc3ccccc3F)ccc21. The number of nitrogens with one attached hydrogen (secondary N) is 1. The van der Waals surface area contributed by atoms with Crippen LogP contribution >= 0.6 is 0 Å². The molecule has 1 aromatic heterocycles. The van der Waals surface area contributed by atoms with Gasteiger partial charge in [0.05, 0.1) is 21.6 Å². The number of fused-ring (bicyclic) bond motifs is 1. The van der Waals surface area contributed by atoms with E-state index in [1.54, 1.807) is 0 Å². The number of halogens is 1. The summed E-state index contributed by atoms with van der Waals surface area (Å²) in [5.74, 6) is -0.707. The molecular formula is C16H14FN3O4S. The Labute approximate surface area is 142 Å². The smallest absolute Gasteiger partial charge is 0.305 e. The van der Waals surface area contributed by atoms with Gasteiger partial charge in [0.1, 0.15) is 5.82 Å². The number of para-hydroxylation sites is 1. The molecule has 3 aromatic rings. The standard InChI is InChI=1S/C16H14FN3O4S/c1-19-13-8-7-10(9-14(13)20(2)16(22)15(19)21)25(23,24)18-12-6-4-3-5-11(12)17/h3-9,18H,1-2H3. The van der Waals surface area contributed by atoms with Crippen LogP contribution in [0.15, 0.2) is 56.9 Å². The number of rotatable bonds is 3. The molecule has 0 aliphatic heterocycles. The zero-order valence-corrected chi connectivity index (χ0v) is 14.2. The van der Waals surface area contributed by atoms with Crippen LogP contribution in [0.4, 0.5) is 10.1 Å². The van der Waals surface area contributed by atoms with Crippen LogP contribution in [0.25, 0.3) is 11.0 Å². The topological polar surface area (TPSA) is 90.2 Å². The van der Waals surface area contributed by atoms with Gasteiger partial charge in [0.2, 0.25) is 0 Å². The monoisotopic (exact) mass is 363 g/mol. The largest absolute Gasteiger partial charge is 0.316 e. The van der Waals surface area contributed by atoms with E-state index in [9.17, 15) is 22.4 Å². The maximum absolute atomic E-state index is 13.7. The molecule has 0 fully saturated rings. The van der Waals surface area contributed by atoms with Gasteiger partial charge in [0, 0.05) is 14.1 Å². The second-order valence-corrected chi connectivity index (χ2v) is 7.15. The van der Waals surface area contributed by atoms with E-state index in [-0.39, 0.29) is 16.1 Å². The first kappa shape index (κ1) is 16.9. The maximum atomic E-state index is 13.7. The minimum Gasteiger partial charge on any atom is -0.305 e. The minimum atomic E-state index is -4.07. The summed E-state index contributed by atoms with van der Waals surface area (Å²) in [4.78, 5) is 23.6. The van der Waals surface area contributed by atoms with Crippen molar-refractivity contribution in [2.45, 2.75) is 4.90 Å². The molecule has 0 unspecified atom stereocenters. The molecule has 1 heterocycles. The predicted molar refractivity (Wildman–Crippen MR) is 91.6 cm³/mol. The molecule has 1 N–H and O–H groups in total. The summed E-state index contributed by atoms with van der Waals surface area (Å²) < 4.78 is 43.1. The number of hydrogen-bond donors (Lipinski definition) is 1. The molecule has 25 heavy (non-hydrogen) atoms. The second kappa shape index (κ2) is 5.85. The van der Waals surface area contributed by atoms with Crippen LogP contribution < -0.4 is 15.8 Å². The van der Waals surface area contributed by atoms with E-state index in [4.69, 9.17) is 0 Å². The quantitative estimate of drug-likeness (QED) is 0.708. The molecule has 0 atom stereocenters. The average molecular weight is 363 g/mol. The lowest BCUT2D eigenvalue weighted by Gasteiger charge is -2.12. The number of nitrogens with zero attached hydrogens (tertiary/aromatic N) is 2. The normalized spacial score (nSPS) is 11.6. The Bertz CT molecular complexity index is 1210. The average Bonchev–Trinajstić information content (AvgIpc) is 2.59. The van der Waals surface area contributed by atoms with Gasteiger partial charge in [-0.2, -0.15) is 0 Å². The highest BCUT2D eigenvalue weighted by Gasteiger charge is 2.18. The van der Waals surface area contributed by atoms with Crippen LogP contribution in [0, 0.1) is 5.82 Å². The van der Waals surface area contributed by atoms with E-state index in [1.165, 1.54) is 50.5 Å². The first-order valence-electron chi connectivity index (χ1n) is 7.19. The van der Waals surface area contributed by atoms with Gasteiger partial charge >= 0.3 is 11.1 Å². The van der Waals surface area contributed by atoms with Gasteiger partial charge in [-0.15, -0.1) is 0 Å². The lowest BCUT2D eigenvalue weighted by atomic mass is 10.3. The van der Waals surface area contributed by atoms with Crippen molar-refractivity contribution in [3.63, 3.8) is 0 Å². The van der Waals surface area contributed by atoms with Crippen molar-refractivity contribution in [3.05, 3.63) is 69.0 Å². The number of aromatic nitrogens is 2. The van der Waals surface area contributed by atoms with Crippen molar-refractivity contribution in [1.29, 1.82) is 0 Å². The zero-order valence-electron chi connectivity index (χ0n) is 13.4. The molecule has 0 spiro atoms. The van der Waals surface area contributed by atoms with Gasteiger partial charge in [-0.3, -0.25) is 14.3 Å². The fraction of sp³-hybridized carbons (Fsp3) is 0.125. The Morgan fingerprint density at radius 3 is 2.16 bits per heavy atom. The van der Waals surface area contributed by atoms with Gasteiger partial charge in [-0.1, -0.05) is 12.1 Å². The van der Waals surface area contributed by atoms with Crippen LogP contribution in [0.3, 0.4) is 0 Å². The van der Waals surface area contributed by atoms with E-state index in [2.05, 4.69) is 4.72 Å². The summed E-state index contributed by atoms with van der Waals surface area (Å²) >= 11 is 0. The first-order chi connectivity index (χ1) is 11.7. The van der Waals surface area contributed by atoms with Crippen LogP contribution in [0.2, 0.25) is 0 Å². The van der Waals surface area contributed by atoms with Crippen molar-refractivity contribution < 1.29 is 12.8 Å². The van der Waals surface area contributed by atoms with Crippen molar-refractivity contribution in [2.24, 2.45) is 14.1 Å². The molecule has 7 nitrogen and oxygen atoms in total. The molecule has 130 valence electrons. The summed E-state index contributed by atoms with van der Waals surface area (Å²) in [6.07, 6.45) is 0. The summed E-state index contributed by atoms with van der Waals surface area (Å²) in [6.45, 7) is 0. The van der Waals surface area contributed by atoms with Gasteiger partial charge in [-0.25, -0.2) is 12.8 Å². The Kier molecular flexibility index (Phi) is 3.96. The Hall–Kier alpha value is -2.94. The highest BCUT2D eigenvalue weighted by molar-refractivity contribution is 7.92. The van der Waals surface area contributed by atoms with E-state index < -0.39 is 27.0 Å². The molecule has 0 saturated heterocycles. The van der Waals surface area contributed by atoms with Crippen molar-refractivity contribution in [1.82, 2.24) is 9.13 Å². The van der Waals surface area contributed by atoms with Gasteiger partial charge in [0.25, 0.3) is 10.0 Å². The van der Waals surface area contributed by atoms with Crippen molar-refractivity contribution in [3.8, 4) is 0 Å². The number of anilines is 1. The molecule has 0 bridgehead atoms. The summed E-state index contributed by atoms with van der Waals surface area (Å²) in [7, 11) is -1.26. The molecule has 9 heteroatoms. The molecule has 0 aliphatic rings. The molecule has 0 amide bonds.